The first-order valence-electron chi connectivity index (χ1n) is 7.48. The molecule has 21 heavy (non-hydrogen) atoms. The van der Waals surface area contributed by atoms with E-state index in [1.165, 1.54) is 12.8 Å². The van der Waals surface area contributed by atoms with Crippen molar-refractivity contribution < 1.29 is 4.79 Å². The summed E-state index contributed by atoms with van der Waals surface area (Å²) in [5, 5.41) is 15.4. The quantitative estimate of drug-likeness (QED) is 0.887. The molecule has 0 bridgehead atoms. The van der Waals surface area contributed by atoms with E-state index in [9.17, 15) is 4.79 Å². The first-order chi connectivity index (χ1) is 10.3. The van der Waals surface area contributed by atoms with Gasteiger partial charge in [0.05, 0.1) is 6.54 Å². The molecule has 0 saturated heterocycles. The van der Waals surface area contributed by atoms with Crippen LogP contribution in [0.3, 0.4) is 0 Å². The molecule has 1 aliphatic rings. The molecule has 0 spiro atoms. The van der Waals surface area contributed by atoms with E-state index in [0.29, 0.717) is 19.5 Å². The van der Waals surface area contributed by atoms with Crippen LogP contribution >= 0.6 is 0 Å². The summed E-state index contributed by atoms with van der Waals surface area (Å²) in [4.78, 5) is 11.9. The number of carbonyl (C=O) groups excluding carboxylic acids is 1. The van der Waals surface area contributed by atoms with Gasteiger partial charge in [-0.25, -0.2) is 0 Å². The molecule has 2 aromatic heterocycles. The van der Waals surface area contributed by atoms with Crippen molar-refractivity contribution in [2.45, 2.75) is 51.7 Å². The van der Waals surface area contributed by atoms with Crippen molar-refractivity contribution in [3.8, 4) is 0 Å². The molecule has 0 fully saturated rings. The van der Waals surface area contributed by atoms with E-state index < -0.39 is 0 Å². The van der Waals surface area contributed by atoms with Crippen molar-refractivity contribution in [2.24, 2.45) is 0 Å². The maximum absolute atomic E-state index is 11.9. The number of rotatable bonds is 5. The highest BCUT2D eigenvalue weighted by Crippen LogP contribution is 2.14. The Morgan fingerprint density at radius 1 is 1.29 bits per heavy atom. The topological polar surface area (TPSA) is 77.6 Å². The minimum atomic E-state index is 0.0106. The second-order valence-corrected chi connectivity index (χ2v) is 5.29. The Bertz CT molecular complexity index is 589. The maximum Gasteiger partial charge on any atom is 0.222 e. The third kappa shape index (κ3) is 3.48. The third-order valence-electron chi connectivity index (χ3n) is 3.76. The van der Waals surface area contributed by atoms with Crippen LogP contribution < -0.4 is 5.32 Å². The van der Waals surface area contributed by atoms with Crippen LogP contribution in [-0.4, -0.2) is 30.5 Å². The molecule has 7 heteroatoms. The van der Waals surface area contributed by atoms with Gasteiger partial charge in [0.15, 0.2) is 5.82 Å². The molecule has 1 N–H and O–H groups in total. The maximum atomic E-state index is 11.9. The van der Waals surface area contributed by atoms with Gasteiger partial charge in [-0.1, -0.05) is 6.42 Å². The van der Waals surface area contributed by atoms with Crippen LogP contribution in [0.5, 0.6) is 0 Å². The average Bonchev–Trinajstić information content (AvgIpc) is 3.08. The standard InChI is InChI=1S/C14H20N6O/c21-14(6-10-19-8-4-7-16-19)15-11-13-18-17-12-5-2-1-3-9-20(12)13/h4,7-8H,1-3,5-6,9-11H2,(H,15,21). The predicted molar refractivity (Wildman–Crippen MR) is 76.3 cm³/mol. The lowest BCUT2D eigenvalue weighted by molar-refractivity contribution is -0.121. The molecular weight excluding hydrogens is 268 g/mol. The number of fused-ring (bicyclic) bond motifs is 1. The van der Waals surface area contributed by atoms with Gasteiger partial charge in [0.1, 0.15) is 5.82 Å². The fourth-order valence-corrected chi connectivity index (χ4v) is 2.59. The van der Waals surface area contributed by atoms with Crippen LogP contribution in [0.4, 0.5) is 0 Å². The Balaban J connectivity index is 1.50. The number of amides is 1. The van der Waals surface area contributed by atoms with Gasteiger partial charge in [-0.3, -0.25) is 9.48 Å². The number of hydrogen-bond acceptors (Lipinski definition) is 4. The molecule has 3 heterocycles. The Morgan fingerprint density at radius 3 is 3.10 bits per heavy atom. The minimum absolute atomic E-state index is 0.0106. The Hall–Kier alpha value is -2.18. The summed E-state index contributed by atoms with van der Waals surface area (Å²) >= 11 is 0. The number of carbonyl (C=O) groups is 1. The van der Waals surface area contributed by atoms with Crippen molar-refractivity contribution >= 4 is 5.91 Å². The summed E-state index contributed by atoms with van der Waals surface area (Å²) in [5.41, 5.74) is 0. The summed E-state index contributed by atoms with van der Waals surface area (Å²) in [5.74, 6) is 1.92. The Morgan fingerprint density at radius 2 is 2.24 bits per heavy atom. The van der Waals surface area contributed by atoms with E-state index in [2.05, 4.69) is 25.2 Å². The van der Waals surface area contributed by atoms with E-state index in [4.69, 9.17) is 0 Å². The summed E-state index contributed by atoms with van der Waals surface area (Å²) in [7, 11) is 0. The Kier molecular flexibility index (Phi) is 4.28. The lowest BCUT2D eigenvalue weighted by atomic mass is 10.2. The van der Waals surface area contributed by atoms with Gasteiger partial charge in [0.2, 0.25) is 5.91 Å². The molecule has 112 valence electrons. The molecule has 0 saturated carbocycles. The lowest BCUT2D eigenvalue weighted by Crippen LogP contribution is -2.26. The zero-order valence-electron chi connectivity index (χ0n) is 12.0. The first kappa shape index (κ1) is 13.8. The van der Waals surface area contributed by atoms with E-state index in [1.54, 1.807) is 10.9 Å². The molecule has 1 amide bonds. The van der Waals surface area contributed by atoms with Crippen molar-refractivity contribution in [3.63, 3.8) is 0 Å². The molecule has 2 aromatic rings. The first-order valence-corrected chi connectivity index (χ1v) is 7.48. The van der Waals surface area contributed by atoms with Gasteiger partial charge in [-0.15, -0.1) is 10.2 Å². The highest BCUT2D eigenvalue weighted by atomic mass is 16.1. The monoisotopic (exact) mass is 288 g/mol. The van der Waals surface area contributed by atoms with Crippen LogP contribution in [0.25, 0.3) is 0 Å². The van der Waals surface area contributed by atoms with Gasteiger partial charge in [-0.05, 0) is 18.9 Å². The van der Waals surface area contributed by atoms with Gasteiger partial charge < -0.3 is 9.88 Å². The van der Waals surface area contributed by atoms with Crippen molar-refractivity contribution in [1.82, 2.24) is 29.9 Å². The zero-order valence-corrected chi connectivity index (χ0v) is 12.0. The predicted octanol–water partition coefficient (Wildman–Crippen LogP) is 0.907. The second-order valence-electron chi connectivity index (χ2n) is 5.29. The average molecular weight is 288 g/mol. The van der Waals surface area contributed by atoms with Crippen LogP contribution in [-0.2, 0) is 30.8 Å². The SMILES string of the molecule is O=C(CCn1cccn1)NCc1nnc2n1CCCCC2. The van der Waals surface area contributed by atoms with E-state index >= 15 is 0 Å². The molecule has 0 atom stereocenters. The largest absolute Gasteiger partial charge is 0.349 e. The van der Waals surface area contributed by atoms with E-state index in [-0.39, 0.29) is 5.91 Å². The number of aryl methyl sites for hydroxylation is 2. The highest BCUT2D eigenvalue weighted by molar-refractivity contribution is 5.75. The number of nitrogens with one attached hydrogen (secondary N) is 1. The molecule has 1 aliphatic heterocycles. The van der Waals surface area contributed by atoms with E-state index in [1.807, 2.05) is 12.3 Å². The fourth-order valence-electron chi connectivity index (χ4n) is 2.59. The molecule has 0 aliphatic carbocycles. The van der Waals surface area contributed by atoms with E-state index in [0.717, 1.165) is 31.0 Å². The molecule has 0 unspecified atom stereocenters. The lowest BCUT2D eigenvalue weighted by Gasteiger charge is -2.08. The number of hydrogen-bond donors (Lipinski definition) is 1. The van der Waals surface area contributed by atoms with Gasteiger partial charge >= 0.3 is 0 Å². The summed E-state index contributed by atoms with van der Waals surface area (Å²) in [6, 6.07) is 1.85. The number of aromatic nitrogens is 5. The molecule has 3 rings (SSSR count). The smallest absolute Gasteiger partial charge is 0.222 e. The zero-order chi connectivity index (χ0) is 14.5. The molecule has 0 aromatic carbocycles. The van der Waals surface area contributed by atoms with Crippen molar-refractivity contribution in [1.29, 1.82) is 0 Å². The highest BCUT2D eigenvalue weighted by Gasteiger charge is 2.14. The second kappa shape index (κ2) is 6.51. The summed E-state index contributed by atoms with van der Waals surface area (Å²) in [6.45, 7) is 2.00. The van der Waals surface area contributed by atoms with Crippen LogP contribution in [0.2, 0.25) is 0 Å². The van der Waals surface area contributed by atoms with Crippen LogP contribution in [0, 0.1) is 0 Å². The van der Waals surface area contributed by atoms with Gasteiger partial charge in [0.25, 0.3) is 0 Å². The number of nitrogens with zero attached hydrogens (tertiary/aromatic N) is 5. The van der Waals surface area contributed by atoms with Crippen molar-refractivity contribution in [2.75, 3.05) is 0 Å². The van der Waals surface area contributed by atoms with Crippen molar-refractivity contribution in [3.05, 3.63) is 30.1 Å². The summed E-state index contributed by atoms with van der Waals surface area (Å²) in [6.07, 6.45) is 8.54. The summed E-state index contributed by atoms with van der Waals surface area (Å²) < 4.78 is 3.91. The third-order valence-corrected chi connectivity index (χ3v) is 3.76. The molecule has 7 nitrogen and oxygen atoms in total. The van der Waals surface area contributed by atoms with Crippen LogP contribution in [0.15, 0.2) is 18.5 Å². The van der Waals surface area contributed by atoms with Gasteiger partial charge in [-0.2, -0.15) is 5.10 Å². The van der Waals surface area contributed by atoms with Gasteiger partial charge in [0, 0.05) is 38.3 Å². The minimum Gasteiger partial charge on any atom is -0.349 e. The normalized spacial score (nSPS) is 14.5. The van der Waals surface area contributed by atoms with Crippen LogP contribution in [0.1, 0.15) is 37.3 Å². The molecule has 0 radical (unpaired) electrons. The fraction of sp³-hybridized carbons (Fsp3) is 0.571. The molecular formula is C14H20N6O. The Labute approximate surface area is 123 Å².